The number of fused-ring (bicyclic) bond motifs is 1. The van der Waals surface area contributed by atoms with Gasteiger partial charge in [-0.15, -0.1) is 24.8 Å². The van der Waals surface area contributed by atoms with Crippen LogP contribution in [0.1, 0.15) is 16.8 Å². The van der Waals surface area contributed by atoms with Gasteiger partial charge in [0.15, 0.2) is 0 Å². The van der Waals surface area contributed by atoms with Crippen LogP contribution in [0.5, 0.6) is 0 Å². The van der Waals surface area contributed by atoms with Gasteiger partial charge in [0.05, 0.1) is 5.56 Å². The van der Waals surface area contributed by atoms with Crippen molar-refractivity contribution >= 4 is 36.4 Å². The number of nitrogens with one attached hydrogen (secondary N) is 2. The first-order chi connectivity index (χ1) is 8.31. The summed E-state index contributed by atoms with van der Waals surface area (Å²) in [6, 6.07) is 3.62. The number of carbonyl (C=O) groups is 1. The fourth-order valence-electron chi connectivity index (χ4n) is 1.62. The van der Waals surface area contributed by atoms with E-state index in [-0.39, 0.29) is 30.7 Å². The molecule has 0 aliphatic carbocycles. The Labute approximate surface area is 124 Å². The third kappa shape index (κ3) is 4.70. The molecule has 2 N–H and O–H groups in total. The lowest BCUT2D eigenvalue weighted by atomic mass is 10.2. The summed E-state index contributed by atoms with van der Waals surface area (Å²) in [5.74, 6) is -0.0447. The Bertz CT molecular complexity index is 515. The number of hydrogen-bond acceptors (Lipinski definition) is 3. The third-order valence-corrected chi connectivity index (χ3v) is 2.54. The second kappa shape index (κ2) is 8.74. The van der Waals surface area contributed by atoms with Gasteiger partial charge in [-0.25, -0.2) is 4.98 Å². The predicted octanol–water partition coefficient (Wildman–Crippen LogP) is 1.52. The number of halogens is 2. The van der Waals surface area contributed by atoms with Crippen molar-refractivity contribution in [2.75, 3.05) is 20.1 Å². The van der Waals surface area contributed by atoms with Gasteiger partial charge >= 0.3 is 0 Å². The summed E-state index contributed by atoms with van der Waals surface area (Å²) in [6.45, 7) is 1.59. The van der Waals surface area contributed by atoms with E-state index in [9.17, 15) is 4.79 Å². The molecule has 0 aliphatic rings. The zero-order valence-corrected chi connectivity index (χ0v) is 12.3. The molecule has 2 rings (SSSR count). The normalized spacial score (nSPS) is 9.53. The number of aromatic nitrogens is 2. The van der Waals surface area contributed by atoms with E-state index in [4.69, 9.17) is 0 Å². The van der Waals surface area contributed by atoms with E-state index >= 15 is 0 Å². The van der Waals surface area contributed by atoms with Gasteiger partial charge in [-0.2, -0.15) is 0 Å². The molecule has 2 aromatic heterocycles. The minimum absolute atomic E-state index is 0. The molecule has 0 spiro atoms. The van der Waals surface area contributed by atoms with E-state index in [1.54, 1.807) is 18.5 Å². The molecular weight excluding hydrogens is 287 g/mol. The van der Waals surface area contributed by atoms with Crippen LogP contribution >= 0.6 is 24.8 Å². The fourth-order valence-corrected chi connectivity index (χ4v) is 1.62. The molecule has 0 bridgehead atoms. The summed E-state index contributed by atoms with van der Waals surface area (Å²) in [6.07, 6.45) is 6.25. The molecule has 0 atom stereocenters. The van der Waals surface area contributed by atoms with Crippen LogP contribution in [0, 0.1) is 0 Å². The molecule has 2 heterocycles. The second-order valence-corrected chi connectivity index (χ2v) is 3.82. The van der Waals surface area contributed by atoms with Gasteiger partial charge in [0.25, 0.3) is 5.91 Å². The highest BCUT2D eigenvalue weighted by atomic mass is 35.5. The number of pyridine rings is 1. The van der Waals surface area contributed by atoms with Gasteiger partial charge in [0, 0.05) is 25.1 Å². The SMILES string of the molecule is CNCCCNC(=O)c1ccc2nccn2c1.Cl.Cl. The molecule has 0 aromatic carbocycles. The van der Waals surface area contributed by atoms with Crippen molar-refractivity contribution in [2.24, 2.45) is 0 Å². The van der Waals surface area contributed by atoms with Crippen LogP contribution in [0.2, 0.25) is 0 Å². The van der Waals surface area contributed by atoms with Crippen LogP contribution in [-0.4, -0.2) is 35.4 Å². The van der Waals surface area contributed by atoms with E-state index in [0.29, 0.717) is 12.1 Å². The number of hydrogen-bond donors (Lipinski definition) is 2. The second-order valence-electron chi connectivity index (χ2n) is 3.82. The van der Waals surface area contributed by atoms with Crippen LogP contribution in [-0.2, 0) is 0 Å². The minimum Gasteiger partial charge on any atom is -0.352 e. The van der Waals surface area contributed by atoms with Gasteiger partial charge < -0.3 is 15.0 Å². The van der Waals surface area contributed by atoms with Crippen molar-refractivity contribution < 1.29 is 4.79 Å². The molecule has 1 amide bonds. The average Bonchev–Trinajstić information content (AvgIpc) is 2.81. The van der Waals surface area contributed by atoms with Crippen molar-refractivity contribution in [2.45, 2.75) is 6.42 Å². The lowest BCUT2D eigenvalue weighted by Crippen LogP contribution is -2.26. The smallest absolute Gasteiger partial charge is 0.252 e. The molecule has 19 heavy (non-hydrogen) atoms. The first-order valence-corrected chi connectivity index (χ1v) is 5.67. The number of carbonyl (C=O) groups excluding carboxylic acids is 1. The minimum atomic E-state index is -0.0447. The van der Waals surface area contributed by atoms with Crippen LogP contribution in [0.4, 0.5) is 0 Å². The summed E-state index contributed by atoms with van der Waals surface area (Å²) >= 11 is 0. The summed E-state index contributed by atoms with van der Waals surface area (Å²) in [5, 5.41) is 5.92. The highest BCUT2D eigenvalue weighted by Gasteiger charge is 2.05. The Balaban J connectivity index is 0.00000162. The standard InChI is InChI=1S/C12H16N4O.2ClH/c1-13-5-2-6-15-12(17)10-3-4-11-14-7-8-16(11)9-10;;/h3-4,7-9,13H,2,5-6H2,1H3,(H,15,17);2*1H. The monoisotopic (exact) mass is 304 g/mol. The van der Waals surface area contributed by atoms with E-state index in [1.807, 2.05) is 23.7 Å². The van der Waals surface area contributed by atoms with Crippen LogP contribution < -0.4 is 10.6 Å². The Morgan fingerprint density at radius 1 is 1.32 bits per heavy atom. The quantitative estimate of drug-likeness (QED) is 0.824. The first kappa shape index (κ1) is 17.7. The van der Waals surface area contributed by atoms with Crippen molar-refractivity contribution in [3.8, 4) is 0 Å². The zero-order chi connectivity index (χ0) is 12.1. The van der Waals surface area contributed by atoms with Crippen molar-refractivity contribution in [3.05, 3.63) is 36.3 Å². The molecule has 0 unspecified atom stereocenters. The van der Waals surface area contributed by atoms with Gasteiger partial charge in [-0.05, 0) is 32.1 Å². The van der Waals surface area contributed by atoms with Crippen LogP contribution in [0.25, 0.3) is 5.65 Å². The Morgan fingerprint density at radius 2 is 2.11 bits per heavy atom. The topological polar surface area (TPSA) is 58.4 Å². The third-order valence-electron chi connectivity index (χ3n) is 2.54. The Hall–Kier alpha value is -1.30. The fraction of sp³-hybridized carbons (Fsp3) is 0.333. The lowest BCUT2D eigenvalue weighted by molar-refractivity contribution is 0.0953. The average molecular weight is 305 g/mol. The maximum atomic E-state index is 11.8. The maximum absolute atomic E-state index is 11.8. The molecule has 0 saturated carbocycles. The number of nitrogens with zero attached hydrogens (tertiary/aromatic N) is 2. The van der Waals surface area contributed by atoms with Crippen LogP contribution in [0.15, 0.2) is 30.7 Å². The zero-order valence-electron chi connectivity index (χ0n) is 10.6. The van der Waals surface area contributed by atoms with E-state index in [0.717, 1.165) is 18.6 Å². The lowest BCUT2D eigenvalue weighted by Gasteiger charge is -2.05. The molecule has 7 heteroatoms. The molecule has 0 fully saturated rings. The highest BCUT2D eigenvalue weighted by Crippen LogP contribution is 2.04. The summed E-state index contributed by atoms with van der Waals surface area (Å²) < 4.78 is 1.84. The van der Waals surface area contributed by atoms with Crippen molar-refractivity contribution in [1.82, 2.24) is 20.0 Å². The first-order valence-electron chi connectivity index (χ1n) is 5.67. The van der Waals surface area contributed by atoms with Crippen molar-refractivity contribution in [3.63, 3.8) is 0 Å². The molecule has 106 valence electrons. The van der Waals surface area contributed by atoms with Gasteiger partial charge in [0.2, 0.25) is 0 Å². The molecule has 0 radical (unpaired) electrons. The Morgan fingerprint density at radius 3 is 2.84 bits per heavy atom. The molecule has 2 aromatic rings. The summed E-state index contributed by atoms with van der Waals surface area (Å²) in [7, 11) is 1.90. The number of amides is 1. The summed E-state index contributed by atoms with van der Waals surface area (Å²) in [5.41, 5.74) is 1.50. The van der Waals surface area contributed by atoms with E-state index < -0.39 is 0 Å². The highest BCUT2D eigenvalue weighted by molar-refractivity contribution is 5.94. The number of rotatable bonds is 5. The van der Waals surface area contributed by atoms with Gasteiger partial charge in [-0.1, -0.05) is 0 Å². The van der Waals surface area contributed by atoms with Gasteiger partial charge in [0.1, 0.15) is 5.65 Å². The summed E-state index contributed by atoms with van der Waals surface area (Å²) in [4.78, 5) is 15.9. The molecule has 0 saturated heterocycles. The van der Waals surface area contributed by atoms with E-state index in [1.165, 1.54) is 0 Å². The predicted molar refractivity (Wildman–Crippen MR) is 80.6 cm³/mol. The maximum Gasteiger partial charge on any atom is 0.252 e. The number of imidazole rings is 1. The van der Waals surface area contributed by atoms with E-state index in [2.05, 4.69) is 15.6 Å². The van der Waals surface area contributed by atoms with Crippen LogP contribution in [0.3, 0.4) is 0 Å². The van der Waals surface area contributed by atoms with Crippen molar-refractivity contribution in [1.29, 1.82) is 0 Å². The molecule has 0 aliphatic heterocycles. The largest absolute Gasteiger partial charge is 0.352 e. The molecular formula is C12H18Cl2N4O. The molecule has 5 nitrogen and oxygen atoms in total. The van der Waals surface area contributed by atoms with Gasteiger partial charge in [-0.3, -0.25) is 4.79 Å². The Kier molecular flexibility index (Phi) is 8.14.